The molecule has 1 heterocycles. The van der Waals surface area contributed by atoms with Crippen LogP contribution in [0, 0.1) is 5.92 Å². The molecule has 0 aromatic carbocycles. The minimum atomic E-state index is -3.33. The van der Waals surface area contributed by atoms with Crippen LogP contribution >= 0.6 is 0 Å². The van der Waals surface area contributed by atoms with Crippen LogP contribution in [0.25, 0.3) is 0 Å². The minimum Gasteiger partial charge on any atom is -0.480 e. The fourth-order valence-corrected chi connectivity index (χ4v) is 5.17. The maximum absolute atomic E-state index is 12.2. The fourth-order valence-electron chi connectivity index (χ4n) is 3.62. The van der Waals surface area contributed by atoms with Crippen molar-refractivity contribution in [3.63, 3.8) is 0 Å². The zero-order valence-electron chi connectivity index (χ0n) is 14.0. The van der Waals surface area contributed by atoms with Gasteiger partial charge in [-0.25, -0.2) is 13.1 Å². The van der Waals surface area contributed by atoms with E-state index in [1.165, 1.54) is 12.8 Å². The highest BCUT2D eigenvalue weighted by Gasteiger charge is 2.39. The van der Waals surface area contributed by atoms with Crippen molar-refractivity contribution in [3.8, 4) is 0 Å². The molecule has 1 unspecified atom stereocenters. The molecule has 3 rings (SSSR count). The van der Waals surface area contributed by atoms with E-state index in [-0.39, 0.29) is 30.5 Å². The first-order chi connectivity index (χ1) is 11.4. The molecule has 24 heavy (non-hydrogen) atoms. The van der Waals surface area contributed by atoms with Crippen LogP contribution in [0.2, 0.25) is 0 Å². The van der Waals surface area contributed by atoms with Gasteiger partial charge in [0.15, 0.2) is 0 Å². The van der Waals surface area contributed by atoms with Gasteiger partial charge >= 0.3 is 5.97 Å². The average Bonchev–Trinajstić information content (AvgIpc) is 3.26. The van der Waals surface area contributed by atoms with Crippen molar-refractivity contribution < 1.29 is 23.1 Å². The lowest BCUT2D eigenvalue weighted by molar-refractivity contribution is -0.139. The molecular formula is C16H28N2O5S. The van der Waals surface area contributed by atoms with Crippen molar-refractivity contribution in [3.05, 3.63) is 0 Å². The number of sulfonamides is 1. The topological polar surface area (TPSA) is 95.9 Å². The molecule has 2 saturated carbocycles. The maximum atomic E-state index is 12.2. The Morgan fingerprint density at radius 3 is 2.54 bits per heavy atom. The molecule has 3 fully saturated rings. The molecule has 0 spiro atoms. The minimum absolute atomic E-state index is 0.0368. The summed E-state index contributed by atoms with van der Waals surface area (Å²) in [6.07, 6.45) is 6.41. The molecule has 138 valence electrons. The monoisotopic (exact) mass is 360 g/mol. The Kier molecular flexibility index (Phi) is 5.79. The molecule has 1 saturated heterocycles. The summed E-state index contributed by atoms with van der Waals surface area (Å²) in [5.74, 6) is -0.146. The molecule has 0 aromatic rings. The predicted molar refractivity (Wildman–Crippen MR) is 89.3 cm³/mol. The average molecular weight is 360 g/mol. The van der Waals surface area contributed by atoms with Crippen molar-refractivity contribution >= 4 is 16.0 Å². The van der Waals surface area contributed by atoms with E-state index in [1.54, 1.807) is 0 Å². The first kappa shape index (κ1) is 18.1. The van der Waals surface area contributed by atoms with Crippen LogP contribution in [0.1, 0.15) is 44.9 Å². The van der Waals surface area contributed by atoms with Gasteiger partial charge in [-0.3, -0.25) is 9.69 Å². The summed E-state index contributed by atoms with van der Waals surface area (Å²) in [7, 11) is -3.33. The maximum Gasteiger partial charge on any atom is 0.317 e. The van der Waals surface area contributed by atoms with Gasteiger partial charge in [0.2, 0.25) is 10.0 Å². The highest BCUT2D eigenvalue weighted by Crippen LogP contribution is 2.34. The van der Waals surface area contributed by atoms with Crippen LogP contribution in [-0.2, 0) is 19.6 Å². The number of ether oxygens (including phenoxy) is 1. The molecule has 1 aliphatic heterocycles. The molecule has 8 heteroatoms. The van der Waals surface area contributed by atoms with E-state index in [4.69, 9.17) is 9.84 Å². The number of hydrogen-bond acceptors (Lipinski definition) is 5. The molecule has 2 N–H and O–H groups in total. The van der Waals surface area contributed by atoms with Gasteiger partial charge in [0.25, 0.3) is 0 Å². The molecule has 0 bridgehead atoms. The first-order valence-corrected chi connectivity index (χ1v) is 10.6. The molecule has 3 aliphatic rings. The normalized spacial score (nSPS) is 31.0. The predicted octanol–water partition coefficient (Wildman–Crippen LogP) is 0.803. The summed E-state index contributed by atoms with van der Waals surface area (Å²) in [4.78, 5) is 13.0. The molecule has 0 amide bonds. The van der Waals surface area contributed by atoms with E-state index in [0.717, 1.165) is 25.8 Å². The van der Waals surface area contributed by atoms with Gasteiger partial charge in [-0.2, -0.15) is 0 Å². The highest BCUT2D eigenvalue weighted by molar-refractivity contribution is 7.89. The van der Waals surface area contributed by atoms with E-state index in [0.29, 0.717) is 25.4 Å². The van der Waals surface area contributed by atoms with Crippen molar-refractivity contribution in [1.82, 2.24) is 9.62 Å². The third kappa shape index (κ3) is 5.40. The van der Waals surface area contributed by atoms with Crippen LogP contribution < -0.4 is 4.72 Å². The van der Waals surface area contributed by atoms with Crippen LogP contribution in [0.5, 0.6) is 0 Å². The van der Waals surface area contributed by atoms with Crippen LogP contribution in [0.15, 0.2) is 0 Å². The van der Waals surface area contributed by atoms with E-state index < -0.39 is 16.0 Å². The molecule has 7 nitrogen and oxygen atoms in total. The summed E-state index contributed by atoms with van der Waals surface area (Å²) in [6, 6.07) is 0.111. The fraction of sp³-hybridized carbons (Fsp3) is 0.938. The SMILES string of the molecule is O=C(O)CN(CC1CC1)C1CC(NS(=O)(=O)CC2CCCCO2)C1. The Labute approximate surface area is 143 Å². The zero-order chi connectivity index (χ0) is 17.2. The number of carboxylic acids is 1. The Bertz CT molecular complexity index is 537. The second kappa shape index (κ2) is 7.68. The third-order valence-corrected chi connectivity index (χ3v) is 6.69. The highest BCUT2D eigenvalue weighted by atomic mass is 32.2. The van der Waals surface area contributed by atoms with E-state index >= 15 is 0 Å². The van der Waals surface area contributed by atoms with Crippen molar-refractivity contribution in [2.75, 3.05) is 25.4 Å². The van der Waals surface area contributed by atoms with Crippen molar-refractivity contribution in [2.24, 2.45) is 5.92 Å². The van der Waals surface area contributed by atoms with Crippen LogP contribution in [0.3, 0.4) is 0 Å². The summed E-state index contributed by atoms with van der Waals surface area (Å²) >= 11 is 0. The molecule has 2 aliphatic carbocycles. The lowest BCUT2D eigenvalue weighted by Crippen LogP contribution is -2.56. The van der Waals surface area contributed by atoms with Crippen LogP contribution in [0.4, 0.5) is 0 Å². The smallest absolute Gasteiger partial charge is 0.317 e. The second-order valence-corrected chi connectivity index (χ2v) is 9.28. The zero-order valence-corrected chi connectivity index (χ0v) is 14.8. The van der Waals surface area contributed by atoms with E-state index in [1.807, 2.05) is 4.90 Å². The van der Waals surface area contributed by atoms with E-state index in [2.05, 4.69) is 4.72 Å². The summed E-state index contributed by atoms with van der Waals surface area (Å²) in [6.45, 7) is 1.53. The number of carboxylic acid groups (broad SMARTS) is 1. The Balaban J connectivity index is 1.43. The van der Waals surface area contributed by atoms with Gasteiger partial charge in [0, 0.05) is 25.2 Å². The number of nitrogens with one attached hydrogen (secondary N) is 1. The lowest BCUT2D eigenvalue weighted by atomic mass is 9.86. The van der Waals surface area contributed by atoms with Crippen LogP contribution in [-0.4, -0.2) is 68.0 Å². The van der Waals surface area contributed by atoms with Gasteiger partial charge in [0.1, 0.15) is 0 Å². The lowest BCUT2D eigenvalue weighted by Gasteiger charge is -2.42. The van der Waals surface area contributed by atoms with Gasteiger partial charge in [-0.15, -0.1) is 0 Å². The summed E-state index contributed by atoms with van der Waals surface area (Å²) in [5, 5.41) is 9.05. The number of aliphatic carboxylic acids is 1. The van der Waals surface area contributed by atoms with Crippen molar-refractivity contribution in [1.29, 1.82) is 0 Å². The number of nitrogens with zero attached hydrogens (tertiary/aromatic N) is 1. The molecule has 0 aromatic heterocycles. The molecular weight excluding hydrogens is 332 g/mol. The Morgan fingerprint density at radius 1 is 1.21 bits per heavy atom. The van der Waals surface area contributed by atoms with Gasteiger partial charge in [-0.05, 0) is 50.9 Å². The largest absolute Gasteiger partial charge is 0.480 e. The van der Waals surface area contributed by atoms with Gasteiger partial charge in [-0.1, -0.05) is 0 Å². The van der Waals surface area contributed by atoms with Gasteiger partial charge in [0.05, 0.1) is 18.4 Å². The standard InChI is InChI=1S/C16H28N2O5S/c19-16(20)10-18(9-12-4-5-12)14-7-13(8-14)17-24(21,22)11-15-3-1-2-6-23-15/h12-15,17H,1-11H2,(H,19,20). The first-order valence-electron chi connectivity index (χ1n) is 8.99. The number of carbonyl (C=O) groups is 1. The van der Waals surface area contributed by atoms with Gasteiger partial charge < -0.3 is 9.84 Å². The Morgan fingerprint density at radius 2 is 1.96 bits per heavy atom. The quantitative estimate of drug-likeness (QED) is 0.631. The molecule has 0 radical (unpaired) electrons. The van der Waals surface area contributed by atoms with Crippen molar-refractivity contribution in [2.45, 2.75) is 63.1 Å². The number of hydrogen-bond donors (Lipinski definition) is 2. The second-order valence-electron chi connectivity index (χ2n) is 7.48. The summed E-state index contributed by atoms with van der Waals surface area (Å²) in [5.41, 5.74) is 0. The molecule has 1 atom stereocenters. The Hall–Kier alpha value is -0.700. The summed E-state index contributed by atoms with van der Waals surface area (Å²) < 4.78 is 32.8. The van der Waals surface area contributed by atoms with E-state index in [9.17, 15) is 13.2 Å². The number of rotatable bonds is 9. The third-order valence-electron chi connectivity index (χ3n) is 5.18.